The van der Waals surface area contributed by atoms with Crippen LogP contribution in [0.5, 0.6) is 0 Å². The number of ether oxygens (including phenoxy) is 1. The second-order valence-electron chi connectivity index (χ2n) is 9.18. The average molecular weight is 436 g/mol. The molecule has 180 valence electrons. The van der Waals surface area contributed by atoms with Gasteiger partial charge in [0, 0.05) is 6.42 Å². The van der Waals surface area contributed by atoms with E-state index in [1.165, 1.54) is 89.9 Å². The molecule has 1 fully saturated rings. The van der Waals surface area contributed by atoms with Crippen molar-refractivity contribution in [1.82, 2.24) is 5.32 Å². The molecule has 0 saturated carbocycles. The van der Waals surface area contributed by atoms with Crippen LogP contribution in [-0.4, -0.2) is 24.5 Å². The summed E-state index contributed by atoms with van der Waals surface area (Å²) in [4.78, 5) is 22.8. The summed E-state index contributed by atoms with van der Waals surface area (Å²) < 4.78 is 5.24. The van der Waals surface area contributed by atoms with Crippen LogP contribution in [0.2, 0.25) is 0 Å². The minimum atomic E-state index is -0.416. The van der Waals surface area contributed by atoms with Gasteiger partial charge in [0.2, 0.25) is 5.91 Å². The van der Waals surface area contributed by atoms with Crippen LogP contribution >= 0.6 is 0 Å². The molecule has 1 rings (SSSR count). The van der Waals surface area contributed by atoms with Crippen LogP contribution in [0.25, 0.3) is 0 Å². The SMILES string of the molecule is CCCCCCCCCCCCCCC/C=C/CCCCCOC(=O)[C@@H]1CCC(=O)N1. The number of carbonyl (C=O) groups excluding carboxylic acids is 2. The molecule has 0 spiro atoms. The summed E-state index contributed by atoms with van der Waals surface area (Å²) in [7, 11) is 0. The molecule has 0 aromatic carbocycles. The predicted octanol–water partition coefficient (Wildman–Crippen LogP) is 7.41. The second kappa shape index (κ2) is 20.6. The number of carbonyl (C=O) groups is 2. The lowest BCUT2D eigenvalue weighted by atomic mass is 10.0. The fraction of sp³-hybridized carbons (Fsp3) is 0.852. The molecule has 1 heterocycles. The van der Waals surface area contributed by atoms with Crippen LogP contribution in [0.3, 0.4) is 0 Å². The van der Waals surface area contributed by atoms with Gasteiger partial charge in [0.25, 0.3) is 0 Å². The summed E-state index contributed by atoms with van der Waals surface area (Å²) in [5.41, 5.74) is 0. The Morgan fingerprint density at radius 1 is 0.806 bits per heavy atom. The van der Waals surface area contributed by atoms with Crippen LogP contribution in [-0.2, 0) is 14.3 Å². The molecule has 0 aliphatic carbocycles. The van der Waals surface area contributed by atoms with Gasteiger partial charge >= 0.3 is 5.97 Å². The van der Waals surface area contributed by atoms with Gasteiger partial charge in [-0.1, -0.05) is 96.1 Å². The number of hydrogen-bond donors (Lipinski definition) is 1. The largest absolute Gasteiger partial charge is 0.464 e. The van der Waals surface area contributed by atoms with Gasteiger partial charge in [-0.15, -0.1) is 0 Å². The van der Waals surface area contributed by atoms with Gasteiger partial charge in [0.05, 0.1) is 6.61 Å². The summed E-state index contributed by atoms with van der Waals surface area (Å²) in [5.74, 6) is -0.323. The van der Waals surface area contributed by atoms with Crippen LogP contribution < -0.4 is 5.32 Å². The number of rotatable bonds is 21. The van der Waals surface area contributed by atoms with E-state index in [0.29, 0.717) is 19.4 Å². The van der Waals surface area contributed by atoms with Crippen molar-refractivity contribution in [2.24, 2.45) is 0 Å². The second-order valence-corrected chi connectivity index (χ2v) is 9.18. The summed E-state index contributed by atoms with van der Waals surface area (Å²) in [6, 6.07) is -0.416. The molecule has 0 aromatic rings. The molecule has 4 nitrogen and oxygen atoms in total. The summed E-state index contributed by atoms with van der Waals surface area (Å²) in [6.07, 6.45) is 29.4. The van der Waals surface area contributed by atoms with E-state index in [1.54, 1.807) is 0 Å². The van der Waals surface area contributed by atoms with Gasteiger partial charge in [-0.3, -0.25) is 4.79 Å². The molecule has 0 radical (unpaired) electrons. The van der Waals surface area contributed by atoms with Gasteiger partial charge in [0.1, 0.15) is 6.04 Å². The maximum absolute atomic E-state index is 11.7. The van der Waals surface area contributed by atoms with Crippen LogP contribution in [0, 0.1) is 0 Å². The Hall–Kier alpha value is -1.32. The summed E-state index contributed by atoms with van der Waals surface area (Å²) in [5, 5.41) is 2.64. The quantitative estimate of drug-likeness (QED) is 0.116. The Balaban J connectivity index is 1.73. The zero-order chi connectivity index (χ0) is 22.4. The molecule has 1 atom stereocenters. The van der Waals surface area contributed by atoms with E-state index in [9.17, 15) is 9.59 Å². The Kier molecular flexibility index (Phi) is 18.4. The lowest BCUT2D eigenvalue weighted by Gasteiger charge is -2.09. The van der Waals surface area contributed by atoms with Gasteiger partial charge in [-0.25, -0.2) is 4.79 Å². The smallest absolute Gasteiger partial charge is 0.328 e. The van der Waals surface area contributed by atoms with Crippen molar-refractivity contribution in [2.45, 2.75) is 141 Å². The van der Waals surface area contributed by atoms with Crippen molar-refractivity contribution in [1.29, 1.82) is 0 Å². The van der Waals surface area contributed by atoms with Crippen molar-refractivity contribution in [2.75, 3.05) is 6.61 Å². The topological polar surface area (TPSA) is 55.4 Å². The summed E-state index contributed by atoms with van der Waals surface area (Å²) in [6.45, 7) is 2.75. The normalized spacial score (nSPS) is 16.2. The van der Waals surface area contributed by atoms with Gasteiger partial charge < -0.3 is 10.1 Å². The number of esters is 1. The molecule has 31 heavy (non-hydrogen) atoms. The zero-order valence-electron chi connectivity index (χ0n) is 20.3. The average Bonchev–Trinajstić information content (AvgIpc) is 3.21. The highest BCUT2D eigenvalue weighted by molar-refractivity contribution is 5.87. The Morgan fingerprint density at radius 2 is 1.29 bits per heavy atom. The number of unbranched alkanes of at least 4 members (excludes halogenated alkanes) is 16. The molecular formula is C27H49NO3. The van der Waals surface area contributed by atoms with Crippen molar-refractivity contribution < 1.29 is 14.3 Å². The van der Waals surface area contributed by atoms with Crippen LogP contribution in [0.4, 0.5) is 0 Å². The molecule has 1 amide bonds. The van der Waals surface area contributed by atoms with Crippen molar-refractivity contribution in [3.8, 4) is 0 Å². The van der Waals surface area contributed by atoms with E-state index in [1.807, 2.05) is 0 Å². The highest BCUT2D eigenvalue weighted by atomic mass is 16.5. The fourth-order valence-electron chi connectivity index (χ4n) is 4.12. The number of allylic oxidation sites excluding steroid dienone is 2. The highest BCUT2D eigenvalue weighted by Crippen LogP contribution is 2.13. The molecule has 1 aliphatic heterocycles. The molecule has 1 aliphatic rings. The Labute approximate surface area is 192 Å². The van der Waals surface area contributed by atoms with E-state index >= 15 is 0 Å². The zero-order valence-corrected chi connectivity index (χ0v) is 20.3. The van der Waals surface area contributed by atoms with Crippen molar-refractivity contribution in [3.63, 3.8) is 0 Å². The molecule has 4 heteroatoms. The van der Waals surface area contributed by atoms with E-state index in [-0.39, 0.29) is 11.9 Å². The first-order chi connectivity index (χ1) is 15.2. The van der Waals surface area contributed by atoms with E-state index in [2.05, 4.69) is 24.4 Å². The summed E-state index contributed by atoms with van der Waals surface area (Å²) >= 11 is 0. The maximum Gasteiger partial charge on any atom is 0.328 e. The van der Waals surface area contributed by atoms with Crippen molar-refractivity contribution >= 4 is 11.9 Å². The lowest BCUT2D eigenvalue weighted by Crippen LogP contribution is -2.34. The van der Waals surface area contributed by atoms with Gasteiger partial charge in [0.15, 0.2) is 0 Å². The molecular weight excluding hydrogens is 386 g/mol. The lowest BCUT2D eigenvalue weighted by molar-refractivity contribution is -0.146. The first kappa shape index (κ1) is 27.7. The van der Waals surface area contributed by atoms with Crippen LogP contribution in [0.1, 0.15) is 135 Å². The standard InChI is InChI=1S/C27H49NO3/c1-2-3-4-5-6-7-8-9-10-11-12-13-14-15-16-17-18-19-20-21-24-31-27(30)25-22-23-26(29)28-25/h16-17,25H,2-15,18-24H2,1H3,(H,28,29)/b17-16+/t25-/m0/s1. The van der Waals surface area contributed by atoms with E-state index in [4.69, 9.17) is 4.74 Å². The molecule has 1 saturated heterocycles. The fourth-order valence-corrected chi connectivity index (χ4v) is 4.12. The van der Waals surface area contributed by atoms with E-state index < -0.39 is 6.04 Å². The first-order valence-electron chi connectivity index (χ1n) is 13.3. The third kappa shape index (κ3) is 17.0. The first-order valence-corrected chi connectivity index (χ1v) is 13.3. The third-order valence-electron chi connectivity index (χ3n) is 6.18. The minimum absolute atomic E-state index is 0.0486. The monoisotopic (exact) mass is 435 g/mol. The van der Waals surface area contributed by atoms with Crippen molar-refractivity contribution in [3.05, 3.63) is 12.2 Å². The van der Waals surface area contributed by atoms with Gasteiger partial charge in [-0.05, 0) is 44.9 Å². The number of amides is 1. The molecule has 0 bridgehead atoms. The maximum atomic E-state index is 11.7. The molecule has 1 N–H and O–H groups in total. The Bertz CT molecular complexity index is 475. The Morgan fingerprint density at radius 3 is 1.77 bits per heavy atom. The molecule has 0 aromatic heterocycles. The number of hydrogen-bond acceptors (Lipinski definition) is 3. The van der Waals surface area contributed by atoms with Gasteiger partial charge in [-0.2, -0.15) is 0 Å². The third-order valence-corrected chi connectivity index (χ3v) is 6.18. The minimum Gasteiger partial charge on any atom is -0.464 e. The highest BCUT2D eigenvalue weighted by Gasteiger charge is 2.28. The van der Waals surface area contributed by atoms with Crippen LogP contribution in [0.15, 0.2) is 12.2 Å². The number of nitrogens with one attached hydrogen (secondary N) is 1. The molecule has 0 unspecified atom stereocenters. The van der Waals surface area contributed by atoms with E-state index in [0.717, 1.165) is 25.7 Å². The predicted molar refractivity (Wildman–Crippen MR) is 130 cm³/mol.